The summed E-state index contributed by atoms with van der Waals surface area (Å²) in [5, 5.41) is -0.391. The number of sulfonamides is 1. The first-order valence-corrected chi connectivity index (χ1v) is 11.0. The number of rotatable bonds is 9. The van der Waals surface area contributed by atoms with Gasteiger partial charge in [0.1, 0.15) is 5.82 Å². The Balaban J connectivity index is 1.60. The molecule has 11 heteroatoms. The van der Waals surface area contributed by atoms with Crippen molar-refractivity contribution in [3.8, 4) is 0 Å². The fourth-order valence-electron chi connectivity index (χ4n) is 3.54. The lowest BCUT2D eigenvalue weighted by molar-refractivity contribution is -0.0558. The summed E-state index contributed by atoms with van der Waals surface area (Å²) in [6, 6.07) is -1.36. The number of nitrogens with one attached hydrogen (secondary N) is 1. The summed E-state index contributed by atoms with van der Waals surface area (Å²) in [5.74, 6) is -7.31. The van der Waals surface area contributed by atoms with E-state index >= 15 is 0 Å². The number of likely N-dealkylation sites (tertiary alicyclic amines) is 1. The van der Waals surface area contributed by atoms with Gasteiger partial charge in [-0.15, -0.1) is 0 Å². The second-order valence-corrected chi connectivity index (χ2v) is 9.83. The van der Waals surface area contributed by atoms with E-state index in [2.05, 4.69) is 4.72 Å². The fraction of sp³-hybridized carbons (Fsp3) is 0.667. The van der Waals surface area contributed by atoms with Gasteiger partial charge < -0.3 is 5.73 Å². The molecule has 3 rings (SSSR count). The van der Waals surface area contributed by atoms with Crippen molar-refractivity contribution in [1.82, 2.24) is 9.62 Å². The third-order valence-corrected chi connectivity index (χ3v) is 7.39. The molecule has 29 heavy (non-hydrogen) atoms. The zero-order chi connectivity index (χ0) is 21.4. The van der Waals surface area contributed by atoms with Crippen molar-refractivity contribution in [3.63, 3.8) is 0 Å². The van der Waals surface area contributed by atoms with Gasteiger partial charge in [-0.05, 0) is 50.3 Å². The minimum atomic E-state index is -3.44. The van der Waals surface area contributed by atoms with Gasteiger partial charge in [-0.2, -0.15) is 0 Å². The summed E-state index contributed by atoms with van der Waals surface area (Å²) < 4.78 is 95.7. The zero-order valence-corrected chi connectivity index (χ0v) is 16.5. The van der Waals surface area contributed by atoms with E-state index in [9.17, 15) is 30.4 Å². The topological polar surface area (TPSA) is 75.4 Å². The standard InChI is InChI=1S/C18H24F5N3O2S/c19-14-8-16(21)15(20)6-11(14)7-17(24)18(22,23)10-26-5-1-2-12(26)9-25-29(27,28)13-3-4-13/h6,8,12-13,17,25H,1-5,7,9-10,24H2/t12?,17-/m1/s1. The van der Waals surface area contributed by atoms with E-state index in [1.165, 1.54) is 4.90 Å². The third kappa shape index (κ3) is 5.44. The summed E-state index contributed by atoms with van der Waals surface area (Å²) in [5.41, 5.74) is 5.16. The van der Waals surface area contributed by atoms with Crippen LogP contribution in [0.5, 0.6) is 0 Å². The van der Waals surface area contributed by atoms with Crippen molar-refractivity contribution in [3.05, 3.63) is 35.1 Å². The summed E-state index contributed by atoms with van der Waals surface area (Å²) in [6.07, 6.45) is 1.76. The van der Waals surface area contributed by atoms with Gasteiger partial charge in [0.25, 0.3) is 5.92 Å². The lowest BCUT2D eigenvalue weighted by Gasteiger charge is -2.32. The van der Waals surface area contributed by atoms with Gasteiger partial charge in [0.15, 0.2) is 11.6 Å². The van der Waals surface area contributed by atoms with E-state index in [0.717, 1.165) is 0 Å². The Labute approximate surface area is 166 Å². The fourth-order valence-corrected chi connectivity index (χ4v) is 4.95. The van der Waals surface area contributed by atoms with Gasteiger partial charge >= 0.3 is 0 Å². The first kappa shape index (κ1) is 22.4. The number of benzene rings is 1. The Morgan fingerprint density at radius 3 is 2.45 bits per heavy atom. The largest absolute Gasteiger partial charge is 0.322 e. The van der Waals surface area contributed by atoms with Gasteiger partial charge in [-0.25, -0.2) is 35.1 Å². The normalized spacial score (nSPS) is 22.2. The van der Waals surface area contributed by atoms with Crippen LogP contribution in [0.25, 0.3) is 0 Å². The van der Waals surface area contributed by atoms with Gasteiger partial charge in [0.2, 0.25) is 10.0 Å². The molecule has 2 atom stereocenters. The van der Waals surface area contributed by atoms with Crippen LogP contribution < -0.4 is 10.5 Å². The molecule has 0 radical (unpaired) electrons. The van der Waals surface area contributed by atoms with Crippen LogP contribution in [0.4, 0.5) is 22.0 Å². The van der Waals surface area contributed by atoms with Crippen molar-refractivity contribution >= 4 is 10.0 Å². The van der Waals surface area contributed by atoms with Crippen molar-refractivity contribution in [2.45, 2.75) is 55.4 Å². The van der Waals surface area contributed by atoms with E-state index in [-0.39, 0.29) is 12.6 Å². The van der Waals surface area contributed by atoms with Crippen LogP contribution >= 0.6 is 0 Å². The summed E-state index contributed by atoms with van der Waals surface area (Å²) >= 11 is 0. The minimum absolute atomic E-state index is 0.0436. The lowest BCUT2D eigenvalue weighted by Crippen LogP contribution is -2.52. The maximum absolute atomic E-state index is 14.7. The first-order valence-electron chi connectivity index (χ1n) is 9.49. The van der Waals surface area contributed by atoms with Crippen molar-refractivity contribution in [2.24, 2.45) is 5.73 Å². The average Bonchev–Trinajstić information content (AvgIpc) is 3.40. The van der Waals surface area contributed by atoms with Gasteiger partial charge in [-0.3, -0.25) is 4.90 Å². The van der Waals surface area contributed by atoms with Crippen LogP contribution in [0, 0.1) is 17.5 Å². The van der Waals surface area contributed by atoms with E-state index < -0.39 is 63.2 Å². The minimum Gasteiger partial charge on any atom is -0.322 e. The zero-order valence-electron chi connectivity index (χ0n) is 15.7. The number of alkyl halides is 2. The molecule has 0 spiro atoms. The van der Waals surface area contributed by atoms with Crippen LogP contribution in [0.15, 0.2) is 12.1 Å². The molecular formula is C18H24F5N3O2S. The SMILES string of the molecule is N[C@H](Cc1cc(F)c(F)cc1F)C(F)(F)CN1CCCC1CNS(=O)(=O)C1CC1. The number of nitrogens with zero attached hydrogens (tertiary/aromatic N) is 1. The molecule has 0 aromatic heterocycles. The number of hydrogen-bond donors (Lipinski definition) is 2. The summed E-state index contributed by atoms with van der Waals surface area (Å²) in [4.78, 5) is 1.47. The third-order valence-electron chi connectivity index (χ3n) is 5.47. The molecule has 2 fully saturated rings. The van der Waals surface area contributed by atoms with Crippen molar-refractivity contribution in [2.75, 3.05) is 19.6 Å². The van der Waals surface area contributed by atoms with Crippen LogP contribution in [-0.4, -0.2) is 56.2 Å². The van der Waals surface area contributed by atoms with E-state index in [1.807, 2.05) is 0 Å². The Bertz CT molecular complexity index is 848. The van der Waals surface area contributed by atoms with Gasteiger partial charge in [0, 0.05) is 18.7 Å². The molecule has 1 aliphatic heterocycles. The summed E-state index contributed by atoms with van der Waals surface area (Å²) in [6.45, 7) is -0.324. The number of nitrogens with two attached hydrogens (primary N) is 1. The predicted molar refractivity (Wildman–Crippen MR) is 97.5 cm³/mol. The van der Waals surface area contributed by atoms with Crippen LogP contribution in [0.1, 0.15) is 31.2 Å². The molecule has 1 aliphatic carbocycles. The molecule has 0 amide bonds. The highest BCUT2D eigenvalue weighted by molar-refractivity contribution is 7.90. The molecule has 3 N–H and O–H groups in total. The van der Waals surface area contributed by atoms with E-state index in [4.69, 9.17) is 5.73 Å². The Morgan fingerprint density at radius 1 is 1.14 bits per heavy atom. The number of halogens is 5. The molecule has 1 unspecified atom stereocenters. The molecule has 2 aliphatic rings. The Kier molecular flexibility index (Phi) is 6.52. The van der Waals surface area contributed by atoms with E-state index in [0.29, 0.717) is 44.4 Å². The average molecular weight is 441 g/mol. The smallest absolute Gasteiger partial charge is 0.275 e. The molecule has 1 saturated heterocycles. The second kappa shape index (κ2) is 8.44. The van der Waals surface area contributed by atoms with Gasteiger partial charge in [0.05, 0.1) is 17.8 Å². The molecule has 5 nitrogen and oxygen atoms in total. The molecule has 1 saturated carbocycles. The van der Waals surface area contributed by atoms with Crippen molar-refractivity contribution < 1.29 is 30.4 Å². The highest BCUT2D eigenvalue weighted by atomic mass is 32.2. The quantitative estimate of drug-likeness (QED) is 0.455. The predicted octanol–water partition coefficient (Wildman–Crippen LogP) is 2.16. The maximum Gasteiger partial charge on any atom is 0.275 e. The second-order valence-electron chi connectivity index (χ2n) is 7.79. The van der Waals surface area contributed by atoms with Crippen LogP contribution in [-0.2, 0) is 16.4 Å². The molecule has 1 heterocycles. The first-order chi connectivity index (χ1) is 13.5. The summed E-state index contributed by atoms with van der Waals surface area (Å²) in [7, 11) is -3.41. The monoisotopic (exact) mass is 441 g/mol. The molecule has 1 aromatic rings. The molecule has 164 valence electrons. The van der Waals surface area contributed by atoms with Gasteiger partial charge in [-0.1, -0.05) is 0 Å². The molecular weight excluding hydrogens is 417 g/mol. The lowest BCUT2D eigenvalue weighted by atomic mass is 10.00. The molecule has 0 bridgehead atoms. The maximum atomic E-state index is 14.7. The Hall–Kier alpha value is -1.30. The highest BCUT2D eigenvalue weighted by Crippen LogP contribution is 2.29. The number of hydrogen-bond acceptors (Lipinski definition) is 4. The van der Waals surface area contributed by atoms with Crippen molar-refractivity contribution in [1.29, 1.82) is 0 Å². The van der Waals surface area contributed by atoms with Crippen LogP contribution in [0.3, 0.4) is 0 Å². The van der Waals surface area contributed by atoms with Crippen LogP contribution in [0.2, 0.25) is 0 Å². The molecule has 1 aromatic carbocycles. The highest BCUT2D eigenvalue weighted by Gasteiger charge is 2.42. The Morgan fingerprint density at radius 2 is 1.79 bits per heavy atom. The van der Waals surface area contributed by atoms with E-state index in [1.54, 1.807) is 0 Å².